The molecule has 0 spiro atoms. The van der Waals surface area contributed by atoms with Gasteiger partial charge in [0.25, 0.3) is 0 Å². The van der Waals surface area contributed by atoms with E-state index in [1.165, 1.54) is 12.3 Å². The Kier molecular flexibility index (Phi) is 4.10. The van der Waals surface area contributed by atoms with Crippen molar-refractivity contribution < 1.29 is 22.9 Å². The van der Waals surface area contributed by atoms with Gasteiger partial charge in [-0.15, -0.1) is 0 Å². The predicted molar refractivity (Wildman–Crippen MR) is 98.8 cm³/mol. The molecule has 0 saturated heterocycles. The molecule has 0 saturated carbocycles. The van der Waals surface area contributed by atoms with Crippen molar-refractivity contribution in [3.05, 3.63) is 57.6 Å². The highest BCUT2D eigenvalue weighted by molar-refractivity contribution is 5.54. The summed E-state index contributed by atoms with van der Waals surface area (Å²) in [6, 6.07) is 3.79. The van der Waals surface area contributed by atoms with Gasteiger partial charge >= 0.3 is 11.8 Å². The lowest BCUT2D eigenvalue weighted by molar-refractivity contribution is -0.389. The van der Waals surface area contributed by atoms with Crippen molar-refractivity contribution in [1.82, 2.24) is 19.4 Å². The predicted octanol–water partition coefficient (Wildman–Crippen LogP) is 2.93. The molecule has 1 atom stereocenters. The molecule has 3 aromatic rings. The molecule has 5 rings (SSSR count). The fourth-order valence-electron chi connectivity index (χ4n) is 3.98. The second-order valence-corrected chi connectivity index (χ2v) is 7.80. The maximum absolute atomic E-state index is 13.5. The van der Waals surface area contributed by atoms with E-state index in [0.717, 1.165) is 23.6 Å². The molecule has 0 radical (unpaired) electrons. The Hall–Kier alpha value is -3.34. The minimum absolute atomic E-state index is 0.234. The molecule has 156 valence electrons. The van der Waals surface area contributed by atoms with E-state index in [1.54, 1.807) is 4.57 Å². The van der Waals surface area contributed by atoms with Gasteiger partial charge in [-0.1, -0.05) is 0 Å². The summed E-state index contributed by atoms with van der Waals surface area (Å²) in [6.07, 6.45) is 2.00. The quantitative estimate of drug-likeness (QED) is 0.475. The average Bonchev–Trinajstić information content (AvgIpc) is 3.34. The zero-order valence-electron chi connectivity index (χ0n) is 16.0. The van der Waals surface area contributed by atoms with Crippen molar-refractivity contribution in [3.63, 3.8) is 0 Å². The highest BCUT2D eigenvalue weighted by atomic mass is 19.2. The maximum Gasteiger partial charge on any atom is 0.415 e. The highest BCUT2D eigenvalue weighted by Crippen LogP contribution is 2.33. The second kappa shape index (κ2) is 6.59. The molecule has 2 aromatic heterocycles. The molecule has 9 nitrogen and oxygen atoms in total. The Balaban J connectivity index is 1.29. The Morgan fingerprint density at radius 1 is 1.30 bits per heavy atom. The van der Waals surface area contributed by atoms with Crippen LogP contribution in [0.5, 0.6) is 6.01 Å². The number of aromatic nitrogens is 3. The normalized spacial score (nSPS) is 20.6. The molecular formula is C19H17F2N5O4. The number of hydrogen-bond acceptors (Lipinski definition) is 7. The smallest absolute Gasteiger partial charge is 0.415 e. The standard InChI is InChI=1S/C19H17F2N5O4/c1-19(10-25-8-16(26(27)28)23-18(25)30-19)9-24-5-4-15-14(7-24)22-17(29-15)11-2-3-12(20)13(21)6-11/h2-3,6,8H,4-5,7,9-10H2,1H3. The summed E-state index contributed by atoms with van der Waals surface area (Å²) in [6.45, 7) is 4.17. The Morgan fingerprint density at radius 3 is 2.87 bits per heavy atom. The summed E-state index contributed by atoms with van der Waals surface area (Å²) in [7, 11) is 0. The van der Waals surface area contributed by atoms with Gasteiger partial charge in [0, 0.05) is 36.6 Å². The molecule has 1 aromatic carbocycles. The number of benzene rings is 1. The van der Waals surface area contributed by atoms with Gasteiger partial charge in [-0.2, -0.15) is 0 Å². The fraction of sp³-hybridized carbons (Fsp3) is 0.368. The first-order valence-corrected chi connectivity index (χ1v) is 9.37. The van der Waals surface area contributed by atoms with Crippen molar-refractivity contribution in [2.24, 2.45) is 0 Å². The van der Waals surface area contributed by atoms with Gasteiger partial charge in [0.05, 0.1) is 12.2 Å². The summed E-state index contributed by atoms with van der Waals surface area (Å²) >= 11 is 0. The number of halogens is 2. The van der Waals surface area contributed by atoms with Gasteiger partial charge in [0.1, 0.15) is 17.6 Å². The van der Waals surface area contributed by atoms with Crippen molar-refractivity contribution in [2.45, 2.75) is 32.0 Å². The van der Waals surface area contributed by atoms with Crippen LogP contribution in [-0.2, 0) is 19.5 Å². The number of fused-ring (bicyclic) bond motifs is 2. The van der Waals surface area contributed by atoms with E-state index < -0.39 is 22.2 Å². The first-order valence-electron chi connectivity index (χ1n) is 9.37. The van der Waals surface area contributed by atoms with E-state index in [1.807, 2.05) is 6.92 Å². The number of imidazole rings is 1. The maximum atomic E-state index is 13.5. The van der Waals surface area contributed by atoms with Crippen LogP contribution in [0.2, 0.25) is 0 Å². The molecule has 4 heterocycles. The number of ether oxygens (including phenoxy) is 1. The average molecular weight is 417 g/mol. The zero-order chi connectivity index (χ0) is 21.0. The van der Waals surface area contributed by atoms with Gasteiger partial charge < -0.3 is 19.3 Å². The largest absolute Gasteiger partial charge is 0.441 e. The van der Waals surface area contributed by atoms with Crippen molar-refractivity contribution >= 4 is 5.82 Å². The topological polar surface area (TPSA) is 99.5 Å². The lowest BCUT2D eigenvalue weighted by Crippen LogP contribution is -2.46. The van der Waals surface area contributed by atoms with Crippen LogP contribution in [-0.4, -0.2) is 43.0 Å². The third kappa shape index (κ3) is 3.20. The summed E-state index contributed by atoms with van der Waals surface area (Å²) < 4.78 is 40.0. The molecule has 30 heavy (non-hydrogen) atoms. The number of oxazole rings is 1. The third-order valence-electron chi connectivity index (χ3n) is 5.29. The van der Waals surface area contributed by atoms with E-state index in [4.69, 9.17) is 9.15 Å². The summed E-state index contributed by atoms with van der Waals surface area (Å²) in [5.41, 5.74) is 0.547. The van der Waals surface area contributed by atoms with E-state index in [0.29, 0.717) is 38.2 Å². The molecule has 0 amide bonds. The molecule has 0 bridgehead atoms. The lowest BCUT2D eigenvalue weighted by atomic mass is 10.0. The lowest BCUT2D eigenvalue weighted by Gasteiger charge is -2.32. The Bertz CT molecular complexity index is 1130. The molecule has 11 heteroatoms. The van der Waals surface area contributed by atoms with Crippen LogP contribution in [0.25, 0.3) is 11.5 Å². The van der Waals surface area contributed by atoms with Gasteiger partial charge in [0.2, 0.25) is 5.89 Å². The summed E-state index contributed by atoms with van der Waals surface area (Å²) in [5, 5.41) is 10.9. The molecule has 1 unspecified atom stereocenters. The van der Waals surface area contributed by atoms with Crippen LogP contribution in [0, 0.1) is 21.7 Å². The van der Waals surface area contributed by atoms with Crippen molar-refractivity contribution in [2.75, 3.05) is 13.1 Å². The Morgan fingerprint density at radius 2 is 2.13 bits per heavy atom. The number of nitrogens with zero attached hydrogens (tertiary/aromatic N) is 5. The van der Waals surface area contributed by atoms with Crippen LogP contribution in [0.15, 0.2) is 28.8 Å². The zero-order valence-corrected chi connectivity index (χ0v) is 16.0. The first kappa shape index (κ1) is 18.7. The highest BCUT2D eigenvalue weighted by Gasteiger charge is 2.42. The van der Waals surface area contributed by atoms with E-state index >= 15 is 0 Å². The molecule has 0 N–H and O–H groups in total. The minimum atomic E-state index is -0.950. The number of nitro groups is 1. The SMILES string of the molecule is CC1(CN2CCc3oc(-c4ccc(F)c(F)c4)nc3C2)Cn2cc([N+](=O)[O-])nc2O1. The number of hydrogen-bond donors (Lipinski definition) is 0. The fourth-order valence-corrected chi connectivity index (χ4v) is 3.98. The molecule has 2 aliphatic rings. The van der Waals surface area contributed by atoms with E-state index in [2.05, 4.69) is 14.9 Å². The van der Waals surface area contributed by atoms with Crippen LogP contribution >= 0.6 is 0 Å². The van der Waals surface area contributed by atoms with Gasteiger partial charge in [-0.3, -0.25) is 9.47 Å². The summed E-state index contributed by atoms with van der Waals surface area (Å²) in [4.78, 5) is 20.8. The number of rotatable bonds is 4. The van der Waals surface area contributed by atoms with Crippen LogP contribution in [0.4, 0.5) is 14.6 Å². The van der Waals surface area contributed by atoms with Gasteiger partial charge in [-0.05, 0) is 30.0 Å². The van der Waals surface area contributed by atoms with Gasteiger partial charge in [-0.25, -0.2) is 13.8 Å². The summed E-state index contributed by atoms with van der Waals surface area (Å²) in [5.74, 6) is -1.11. The molecule has 0 aliphatic carbocycles. The first-order chi connectivity index (χ1) is 14.3. The van der Waals surface area contributed by atoms with E-state index in [9.17, 15) is 18.9 Å². The molecular weight excluding hydrogens is 400 g/mol. The van der Waals surface area contributed by atoms with Crippen molar-refractivity contribution in [1.29, 1.82) is 0 Å². The van der Waals surface area contributed by atoms with Crippen molar-refractivity contribution in [3.8, 4) is 17.5 Å². The van der Waals surface area contributed by atoms with Crippen LogP contribution in [0.3, 0.4) is 0 Å². The molecule has 2 aliphatic heterocycles. The third-order valence-corrected chi connectivity index (χ3v) is 5.29. The van der Waals surface area contributed by atoms with Crippen LogP contribution in [0.1, 0.15) is 18.4 Å². The molecule has 0 fully saturated rings. The van der Waals surface area contributed by atoms with Gasteiger partial charge in [0.15, 0.2) is 11.6 Å². The van der Waals surface area contributed by atoms with Crippen LogP contribution < -0.4 is 4.74 Å². The minimum Gasteiger partial charge on any atom is -0.441 e. The second-order valence-electron chi connectivity index (χ2n) is 7.80. The Labute approximate surface area is 169 Å². The monoisotopic (exact) mass is 417 g/mol. The van der Waals surface area contributed by atoms with E-state index in [-0.39, 0.29) is 17.7 Å².